The average Bonchev–Trinajstić information content (AvgIpc) is 2.98. The Bertz CT molecular complexity index is 647. The molecule has 0 aromatic carbocycles. The van der Waals surface area contributed by atoms with Gasteiger partial charge in [0, 0.05) is 19.3 Å². The van der Waals surface area contributed by atoms with Gasteiger partial charge < -0.3 is 14.2 Å². The molecular formula is C37H70O6. The van der Waals surface area contributed by atoms with E-state index in [1.807, 2.05) is 0 Å². The summed E-state index contributed by atoms with van der Waals surface area (Å²) in [5, 5.41) is 0. The van der Waals surface area contributed by atoms with Crippen LogP contribution < -0.4 is 0 Å². The van der Waals surface area contributed by atoms with E-state index in [2.05, 4.69) is 27.7 Å². The average molecular weight is 611 g/mol. The van der Waals surface area contributed by atoms with Gasteiger partial charge >= 0.3 is 17.9 Å². The molecule has 0 spiro atoms. The van der Waals surface area contributed by atoms with Crippen molar-refractivity contribution in [1.82, 2.24) is 0 Å². The summed E-state index contributed by atoms with van der Waals surface area (Å²) in [7, 11) is 0. The maximum absolute atomic E-state index is 12.5. The van der Waals surface area contributed by atoms with E-state index in [-0.39, 0.29) is 31.1 Å². The number of ether oxygens (including phenoxy) is 3. The zero-order valence-electron chi connectivity index (χ0n) is 28.9. The van der Waals surface area contributed by atoms with Crippen molar-refractivity contribution in [2.24, 2.45) is 5.92 Å². The fourth-order valence-electron chi connectivity index (χ4n) is 5.21. The molecule has 0 saturated carbocycles. The number of hydrogen-bond acceptors (Lipinski definition) is 6. The zero-order chi connectivity index (χ0) is 31.8. The lowest BCUT2D eigenvalue weighted by Crippen LogP contribution is -2.30. The second-order valence-electron chi connectivity index (χ2n) is 13.0. The van der Waals surface area contributed by atoms with Gasteiger partial charge in [-0.05, 0) is 25.2 Å². The van der Waals surface area contributed by atoms with Crippen molar-refractivity contribution in [3.63, 3.8) is 0 Å². The van der Waals surface area contributed by atoms with Gasteiger partial charge in [-0.15, -0.1) is 0 Å². The summed E-state index contributed by atoms with van der Waals surface area (Å²) in [6.45, 7) is 8.82. The van der Waals surface area contributed by atoms with Gasteiger partial charge in [0.15, 0.2) is 6.10 Å². The maximum atomic E-state index is 12.5. The van der Waals surface area contributed by atoms with E-state index in [1.54, 1.807) is 0 Å². The third kappa shape index (κ3) is 31.6. The lowest BCUT2D eigenvalue weighted by molar-refractivity contribution is -0.167. The third-order valence-electron chi connectivity index (χ3n) is 8.04. The topological polar surface area (TPSA) is 78.9 Å². The molecule has 0 N–H and O–H groups in total. The van der Waals surface area contributed by atoms with E-state index in [0.29, 0.717) is 19.3 Å². The van der Waals surface area contributed by atoms with Crippen molar-refractivity contribution in [2.45, 2.75) is 201 Å². The first-order valence-electron chi connectivity index (χ1n) is 18.4. The van der Waals surface area contributed by atoms with Crippen LogP contribution in [0.15, 0.2) is 0 Å². The van der Waals surface area contributed by atoms with Gasteiger partial charge in [0.05, 0.1) is 0 Å². The lowest BCUT2D eigenvalue weighted by atomic mass is 10.0. The smallest absolute Gasteiger partial charge is 0.306 e. The Hall–Kier alpha value is -1.59. The largest absolute Gasteiger partial charge is 0.462 e. The van der Waals surface area contributed by atoms with Crippen molar-refractivity contribution < 1.29 is 28.6 Å². The highest BCUT2D eigenvalue weighted by atomic mass is 16.6. The molecule has 0 bridgehead atoms. The summed E-state index contributed by atoms with van der Waals surface area (Å²) in [6.07, 6.45) is 26.9. The molecule has 43 heavy (non-hydrogen) atoms. The Morgan fingerprint density at radius 1 is 0.442 bits per heavy atom. The molecule has 6 nitrogen and oxygen atoms in total. The first-order chi connectivity index (χ1) is 20.9. The molecule has 0 rings (SSSR count). The van der Waals surface area contributed by atoms with Crippen molar-refractivity contribution in [3.05, 3.63) is 0 Å². The van der Waals surface area contributed by atoms with Crippen LogP contribution in [0, 0.1) is 5.92 Å². The van der Waals surface area contributed by atoms with E-state index >= 15 is 0 Å². The molecule has 6 heteroatoms. The fraction of sp³-hybridized carbons (Fsp3) is 0.919. The molecular weight excluding hydrogens is 540 g/mol. The molecule has 254 valence electrons. The van der Waals surface area contributed by atoms with Crippen LogP contribution in [0.1, 0.15) is 195 Å². The van der Waals surface area contributed by atoms with Gasteiger partial charge in [0.25, 0.3) is 0 Å². The molecule has 0 aliphatic carbocycles. The van der Waals surface area contributed by atoms with Gasteiger partial charge in [0.2, 0.25) is 0 Å². The van der Waals surface area contributed by atoms with Crippen LogP contribution in [0.4, 0.5) is 0 Å². The summed E-state index contributed by atoms with van der Waals surface area (Å²) < 4.78 is 16.4. The molecule has 0 fully saturated rings. The van der Waals surface area contributed by atoms with Gasteiger partial charge in [0.1, 0.15) is 13.2 Å². The Morgan fingerprint density at radius 3 is 1.14 bits per heavy atom. The highest BCUT2D eigenvalue weighted by Gasteiger charge is 2.19. The van der Waals surface area contributed by atoms with Crippen LogP contribution >= 0.6 is 0 Å². The van der Waals surface area contributed by atoms with Gasteiger partial charge in [-0.25, -0.2) is 0 Å². The number of carbonyl (C=O) groups excluding carboxylic acids is 3. The Balaban J connectivity index is 4.29. The van der Waals surface area contributed by atoms with E-state index in [9.17, 15) is 14.4 Å². The molecule has 0 saturated heterocycles. The number of rotatable bonds is 32. The van der Waals surface area contributed by atoms with Gasteiger partial charge in [-0.2, -0.15) is 0 Å². The predicted molar refractivity (Wildman–Crippen MR) is 178 cm³/mol. The fourth-order valence-corrected chi connectivity index (χ4v) is 5.21. The first-order valence-corrected chi connectivity index (χ1v) is 18.4. The van der Waals surface area contributed by atoms with Crippen molar-refractivity contribution in [1.29, 1.82) is 0 Å². The molecule has 0 radical (unpaired) electrons. The molecule has 0 aliphatic rings. The normalized spacial score (nSPS) is 11.9. The van der Waals surface area contributed by atoms with Gasteiger partial charge in [-0.1, -0.05) is 156 Å². The molecule has 0 aromatic heterocycles. The predicted octanol–water partition coefficient (Wildman–Crippen LogP) is 10.8. The molecule has 1 atom stereocenters. The molecule has 0 amide bonds. The SMILES string of the molecule is CCCCCCCCCCCC(=O)O[C@@H](COC(=O)CCCCCCC)COC(=O)CCCCCCCCCCC(C)C. The van der Waals surface area contributed by atoms with Crippen LogP contribution in [0.5, 0.6) is 0 Å². The Morgan fingerprint density at radius 2 is 0.767 bits per heavy atom. The van der Waals surface area contributed by atoms with E-state index in [4.69, 9.17) is 14.2 Å². The van der Waals surface area contributed by atoms with Crippen molar-refractivity contribution in [3.8, 4) is 0 Å². The van der Waals surface area contributed by atoms with E-state index in [1.165, 1.54) is 83.5 Å². The molecule has 0 aliphatic heterocycles. The minimum atomic E-state index is -0.755. The second-order valence-corrected chi connectivity index (χ2v) is 13.0. The molecule has 0 heterocycles. The standard InChI is InChI=1S/C37H70O6/c1-5-7-9-11-12-13-18-22-26-30-37(40)43-34(31-41-35(38)28-24-19-10-8-6-2)32-42-36(39)29-25-21-17-15-14-16-20-23-27-33(3)4/h33-34H,5-32H2,1-4H3/t34-/m0/s1. The highest BCUT2D eigenvalue weighted by molar-refractivity contribution is 5.71. The van der Waals surface area contributed by atoms with E-state index < -0.39 is 6.10 Å². The Kier molecular flexibility index (Phi) is 30.6. The van der Waals surface area contributed by atoms with Crippen LogP contribution in [0.25, 0.3) is 0 Å². The number of esters is 3. The maximum Gasteiger partial charge on any atom is 0.306 e. The van der Waals surface area contributed by atoms with Crippen LogP contribution in [-0.2, 0) is 28.6 Å². The quantitative estimate of drug-likeness (QED) is 0.0428. The minimum Gasteiger partial charge on any atom is -0.462 e. The zero-order valence-corrected chi connectivity index (χ0v) is 28.9. The first kappa shape index (κ1) is 41.4. The Labute approximate surface area is 266 Å². The summed E-state index contributed by atoms with van der Waals surface area (Å²) in [4.78, 5) is 37.1. The third-order valence-corrected chi connectivity index (χ3v) is 8.04. The minimum absolute atomic E-state index is 0.0670. The highest BCUT2D eigenvalue weighted by Crippen LogP contribution is 2.14. The van der Waals surface area contributed by atoms with Crippen LogP contribution in [0.3, 0.4) is 0 Å². The summed E-state index contributed by atoms with van der Waals surface area (Å²) in [5.74, 6) is -0.0887. The molecule has 0 unspecified atom stereocenters. The van der Waals surface area contributed by atoms with Gasteiger partial charge in [-0.3, -0.25) is 14.4 Å². The van der Waals surface area contributed by atoms with Crippen molar-refractivity contribution >= 4 is 17.9 Å². The molecule has 0 aromatic rings. The summed E-state index contributed by atoms with van der Waals surface area (Å²) >= 11 is 0. The second kappa shape index (κ2) is 31.8. The summed E-state index contributed by atoms with van der Waals surface area (Å²) in [6, 6.07) is 0. The van der Waals surface area contributed by atoms with Crippen LogP contribution in [-0.4, -0.2) is 37.2 Å². The van der Waals surface area contributed by atoms with E-state index in [0.717, 1.165) is 70.1 Å². The number of unbranched alkanes of at least 4 members (excludes halogenated alkanes) is 19. The van der Waals surface area contributed by atoms with Crippen molar-refractivity contribution in [2.75, 3.05) is 13.2 Å². The number of hydrogen-bond donors (Lipinski definition) is 0. The lowest BCUT2D eigenvalue weighted by Gasteiger charge is -2.18. The number of carbonyl (C=O) groups is 3. The monoisotopic (exact) mass is 611 g/mol. The summed E-state index contributed by atoms with van der Waals surface area (Å²) in [5.41, 5.74) is 0. The van der Waals surface area contributed by atoms with Crippen LogP contribution in [0.2, 0.25) is 0 Å².